The number of carbonyl (C=O) groups is 2. The van der Waals surface area contributed by atoms with Gasteiger partial charge in [-0.2, -0.15) is 0 Å². The van der Waals surface area contributed by atoms with E-state index in [2.05, 4.69) is 0 Å². The van der Waals surface area contributed by atoms with Gasteiger partial charge in [0, 0.05) is 18.6 Å². The van der Waals surface area contributed by atoms with E-state index in [9.17, 15) is 14.7 Å². The zero-order chi connectivity index (χ0) is 23.8. The molecule has 0 atom stereocenters. The van der Waals surface area contributed by atoms with Crippen LogP contribution < -0.4 is 14.2 Å². The predicted molar refractivity (Wildman–Crippen MR) is 137 cm³/mol. The fourth-order valence-corrected chi connectivity index (χ4v) is 3.19. The van der Waals surface area contributed by atoms with Gasteiger partial charge in [0.25, 0.3) is 0 Å². The van der Waals surface area contributed by atoms with Crippen molar-refractivity contribution >= 4 is 70.9 Å². The average molecular weight is 498 g/mol. The van der Waals surface area contributed by atoms with Crippen molar-refractivity contribution in [3.63, 3.8) is 0 Å². The number of aromatic carboxylic acids is 1. The van der Waals surface area contributed by atoms with Gasteiger partial charge in [-0.1, -0.05) is 19.1 Å². The van der Waals surface area contributed by atoms with Gasteiger partial charge in [-0.3, -0.25) is 4.79 Å². The molecule has 35 heavy (non-hydrogen) atoms. The normalized spacial score (nSPS) is 9.89. The molecular weight excluding hydrogens is 470 g/mol. The Kier molecular flexibility index (Phi) is 13.5. The Morgan fingerprint density at radius 3 is 2.14 bits per heavy atom. The van der Waals surface area contributed by atoms with E-state index in [4.69, 9.17) is 19.3 Å². The van der Waals surface area contributed by atoms with Crippen LogP contribution in [0.1, 0.15) is 46.5 Å². The maximum atomic E-state index is 11.6. The van der Waals surface area contributed by atoms with Crippen LogP contribution in [0.5, 0.6) is 28.7 Å². The summed E-state index contributed by atoms with van der Waals surface area (Å²) in [6.07, 6.45) is 1.28. The molecule has 0 aliphatic carbocycles. The minimum absolute atomic E-state index is 0. The topological polar surface area (TPSA) is 102 Å². The summed E-state index contributed by atoms with van der Waals surface area (Å²) in [6.45, 7) is 4.15. The number of rotatable bonds is 11. The van der Waals surface area contributed by atoms with Crippen LogP contribution in [0.2, 0.25) is 0 Å². The van der Waals surface area contributed by atoms with Gasteiger partial charge in [-0.15, -0.1) is 0 Å². The van der Waals surface area contributed by atoms with Crippen molar-refractivity contribution in [1.29, 1.82) is 0 Å². The number of carboxylic acid groups (broad SMARTS) is 1. The third-order valence-electron chi connectivity index (χ3n) is 4.88. The summed E-state index contributed by atoms with van der Waals surface area (Å²) in [5, 5.41) is 19.1. The first kappa shape index (κ1) is 31.0. The van der Waals surface area contributed by atoms with E-state index in [-0.39, 0.29) is 76.2 Å². The van der Waals surface area contributed by atoms with Crippen LogP contribution in [0, 0.1) is 0 Å². The molecule has 0 aromatic heterocycles. The first-order valence-electron chi connectivity index (χ1n) is 10.6. The minimum atomic E-state index is -1.02. The van der Waals surface area contributed by atoms with E-state index < -0.39 is 5.97 Å². The van der Waals surface area contributed by atoms with Gasteiger partial charge < -0.3 is 24.4 Å². The van der Waals surface area contributed by atoms with Crippen molar-refractivity contribution in [2.75, 3.05) is 13.2 Å². The molecule has 9 heteroatoms. The van der Waals surface area contributed by atoms with Crippen LogP contribution in [0.4, 0.5) is 0 Å². The first-order valence-corrected chi connectivity index (χ1v) is 10.6. The van der Waals surface area contributed by atoms with E-state index >= 15 is 0 Å². The number of phenolic OH excluding ortho intramolecular Hbond substituents is 1. The number of aromatic hydroxyl groups is 1. The quantitative estimate of drug-likeness (QED) is 0.232. The molecule has 3 aromatic carbocycles. The van der Waals surface area contributed by atoms with Crippen LogP contribution in [0.15, 0.2) is 60.7 Å². The second-order valence-corrected chi connectivity index (χ2v) is 7.35. The number of Topliss-reactive ketones (excluding diaryl/α,β-unsaturated/α-hetero) is 1. The molecule has 0 amide bonds. The van der Waals surface area contributed by atoms with Gasteiger partial charge in [-0.25, -0.2) is 4.79 Å². The fourth-order valence-electron chi connectivity index (χ4n) is 3.19. The molecule has 0 unspecified atom stereocenters. The molecule has 0 aliphatic heterocycles. The number of carboxylic acids is 1. The summed E-state index contributed by atoms with van der Waals surface area (Å²) in [6, 6.07) is 16.5. The van der Waals surface area contributed by atoms with Crippen LogP contribution in [0.25, 0.3) is 0 Å². The Bertz CT molecular complexity index is 1150. The van der Waals surface area contributed by atoms with Crippen LogP contribution in [-0.4, -0.2) is 94.3 Å². The molecule has 0 spiro atoms. The SMILES string of the molecule is CCc1cc(C(C)=O)c(O)cc1OCCCOc1cccc(Oc2cccc(C(=O)O)c2)c1.[NaH].[NaH]. The van der Waals surface area contributed by atoms with Crippen LogP contribution in [-0.2, 0) is 6.42 Å². The summed E-state index contributed by atoms with van der Waals surface area (Å²) in [7, 11) is 0. The van der Waals surface area contributed by atoms with E-state index in [0.29, 0.717) is 54.6 Å². The number of aryl methyl sites for hydroxylation is 1. The molecule has 2 N–H and O–H groups in total. The fraction of sp³-hybridized carbons (Fsp3) is 0.231. The Morgan fingerprint density at radius 2 is 1.49 bits per heavy atom. The summed E-state index contributed by atoms with van der Waals surface area (Å²) < 4.78 is 17.3. The molecule has 0 heterocycles. The molecule has 0 aliphatic rings. The number of ketones is 1. The van der Waals surface area contributed by atoms with Crippen molar-refractivity contribution in [1.82, 2.24) is 0 Å². The van der Waals surface area contributed by atoms with Crippen molar-refractivity contribution in [2.45, 2.75) is 26.7 Å². The maximum absolute atomic E-state index is 11.6. The summed E-state index contributed by atoms with van der Waals surface area (Å²) in [5.74, 6) is 0.820. The summed E-state index contributed by atoms with van der Waals surface area (Å²) in [5.41, 5.74) is 1.30. The number of phenols is 1. The van der Waals surface area contributed by atoms with E-state index in [1.807, 2.05) is 6.92 Å². The molecule has 0 radical (unpaired) electrons. The van der Waals surface area contributed by atoms with E-state index in [1.54, 1.807) is 42.5 Å². The van der Waals surface area contributed by atoms with E-state index in [1.165, 1.54) is 25.1 Å². The standard InChI is InChI=1S/C26H26O7.2Na.2H/c1-3-18-14-23(17(2)27)24(28)16-25(18)32-12-6-11-31-20-8-5-10-22(15-20)33-21-9-4-7-19(13-21)26(29)30;;;;/h4-5,7-10,13-16,28H,3,6,11-12H2,1-2H3,(H,29,30);;;;. The van der Waals surface area contributed by atoms with Crippen LogP contribution in [0.3, 0.4) is 0 Å². The first-order chi connectivity index (χ1) is 15.9. The molecule has 3 rings (SSSR count). The summed E-state index contributed by atoms with van der Waals surface area (Å²) in [4.78, 5) is 22.7. The molecule has 0 bridgehead atoms. The number of ether oxygens (including phenoxy) is 3. The van der Waals surface area contributed by atoms with Gasteiger partial charge in [0.1, 0.15) is 28.7 Å². The number of hydrogen-bond donors (Lipinski definition) is 2. The van der Waals surface area contributed by atoms with E-state index in [0.717, 1.165) is 5.56 Å². The zero-order valence-electron chi connectivity index (χ0n) is 18.5. The van der Waals surface area contributed by atoms with Crippen LogP contribution >= 0.6 is 0 Å². The van der Waals surface area contributed by atoms with Gasteiger partial charge in [0.05, 0.1) is 24.3 Å². The second kappa shape index (κ2) is 15.2. The Labute approximate surface area is 249 Å². The zero-order valence-corrected chi connectivity index (χ0v) is 18.5. The third kappa shape index (κ3) is 9.18. The predicted octanol–water partition coefficient (Wildman–Crippen LogP) is 4.20. The Hall–Kier alpha value is -2.00. The molecule has 0 saturated carbocycles. The number of hydrogen-bond acceptors (Lipinski definition) is 6. The molecule has 176 valence electrons. The number of carbonyl (C=O) groups excluding carboxylic acids is 1. The molecule has 0 fully saturated rings. The average Bonchev–Trinajstić information content (AvgIpc) is 2.79. The molecule has 0 saturated heterocycles. The molecule has 7 nitrogen and oxygen atoms in total. The Balaban J connectivity index is 0.00000306. The van der Waals surface area contributed by atoms with Gasteiger partial charge in [-0.05, 0) is 55.3 Å². The van der Waals surface area contributed by atoms with Crippen molar-refractivity contribution < 1.29 is 34.0 Å². The van der Waals surface area contributed by atoms with Crippen molar-refractivity contribution in [2.24, 2.45) is 0 Å². The van der Waals surface area contributed by atoms with Gasteiger partial charge in [0.15, 0.2) is 5.78 Å². The van der Waals surface area contributed by atoms with Gasteiger partial charge >= 0.3 is 65.1 Å². The summed E-state index contributed by atoms with van der Waals surface area (Å²) >= 11 is 0. The van der Waals surface area contributed by atoms with Crippen molar-refractivity contribution in [3.05, 3.63) is 77.4 Å². The monoisotopic (exact) mass is 498 g/mol. The second-order valence-electron chi connectivity index (χ2n) is 7.35. The molecular formula is C26H28Na2O7. The Morgan fingerprint density at radius 1 is 0.857 bits per heavy atom. The number of benzene rings is 3. The van der Waals surface area contributed by atoms with Gasteiger partial charge in [0.2, 0.25) is 0 Å². The molecule has 3 aromatic rings. The third-order valence-corrected chi connectivity index (χ3v) is 4.88. The van der Waals surface area contributed by atoms with Crippen molar-refractivity contribution in [3.8, 4) is 28.7 Å².